The summed E-state index contributed by atoms with van der Waals surface area (Å²) in [6, 6.07) is 11.2. The Labute approximate surface area is 184 Å². The Morgan fingerprint density at radius 3 is 2.87 bits per heavy atom. The fourth-order valence-electron chi connectivity index (χ4n) is 2.86. The summed E-state index contributed by atoms with van der Waals surface area (Å²) in [5, 5.41) is 12.6. The number of anilines is 2. The second kappa shape index (κ2) is 10.6. The van der Waals surface area contributed by atoms with Crippen LogP contribution in [0.3, 0.4) is 0 Å². The number of pyridine rings is 1. The van der Waals surface area contributed by atoms with Gasteiger partial charge in [-0.05, 0) is 43.0 Å². The molecule has 0 unspecified atom stereocenters. The van der Waals surface area contributed by atoms with Crippen molar-refractivity contribution in [2.24, 2.45) is 5.73 Å². The largest absolute Gasteiger partial charge is 0.480 e. The molecule has 160 valence electrons. The summed E-state index contributed by atoms with van der Waals surface area (Å²) < 4.78 is 0. The van der Waals surface area contributed by atoms with Gasteiger partial charge in [0, 0.05) is 35.6 Å². The van der Waals surface area contributed by atoms with Gasteiger partial charge in [-0.3, -0.25) is 14.7 Å². The lowest BCUT2D eigenvalue weighted by Crippen LogP contribution is -2.25. The smallest absolute Gasteiger partial charge is 0.317 e. The molecule has 0 saturated heterocycles. The zero-order valence-corrected chi connectivity index (χ0v) is 17.6. The lowest BCUT2D eigenvalue weighted by molar-refractivity contribution is -0.138. The van der Waals surface area contributed by atoms with Crippen molar-refractivity contribution in [1.29, 1.82) is 0 Å². The zero-order valence-electron chi connectivity index (χ0n) is 16.9. The molecule has 0 atom stereocenters. The number of benzene rings is 1. The minimum Gasteiger partial charge on any atom is -0.480 e. The molecule has 0 amide bonds. The topological polar surface area (TPSA) is 130 Å². The summed E-state index contributed by atoms with van der Waals surface area (Å²) in [4.78, 5) is 29.7. The molecule has 0 aliphatic carbocycles. The van der Waals surface area contributed by atoms with E-state index in [-0.39, 0.29) is 13.1 Å². The SMILES string of the molecule is CN(CC(=O)O)Cc1cccc(Nc2ncnc(-c3ccnc(/C=C(/Cl)CN)c3)n2)c1. The van der Waals surface area contributed by atoms with Crippen molar-refractivity contribution in [2.75, 3.05) is 25.5 Å². The molecular formula is C21H22ClN7O2. The van der Waals surface area contributed by atoms with Crippen LogP contribution in [0.1, 0.15) is 11.3 Å². The highest BCUT2D eigenvalue weighted by Gasteiger charge is 2.08. The van der Waals surface area contributed by atoms with Gasteiger partial charge in [-0.15, -0.1) is 0 Å². The number of hydrogen-bond acceptors (Lipinski definition) is 8. The van der Waals surface area contributed by atoms with E-state index in [9.17, 15) is 4.79 Å². The predicted molar refractivity (Wildman–Crippen MR) is 120 cm³/mol. The molecule has 0 fully saturated rings. The highest BCUT2D eigenvalue weighted by atomic mass is 35.5. The van der Waals surface area contributed by atoms with Gasteiger partial charge < -0.3 is 16.2 Å². The number of likely N-dealkylation sites (N-methyl/N-ethyl adjacent to an activating group) is 1. The molecule has 0 aliphatic rings. The van der Waals surface area contributed by atoms with Gasteiger partial charge in [0.25, 0.3) is 0 Å². The number of hydrogen-bond donors (Lipinski definition) is 3. The quantitative estimate of drug-likeness (QED) is 0.460. The average molecular weight is 440 g/mol. The van der Waals surface area contributed by atoms with Crippen LogP contribution in [0.25, 0.3) is 17.5 Å². The van der Waals surface area contributed by atoms with Crippen LogP contribution in [-0.4, -0.2) is 56.0 Å². The zero-order chi connectivity index (χ0) is 22.2. The molecule has 0 bridgehead atoms. The number of carbonyl (C=O) groups is 1. The number of nitrogens with one attached hydrogen (secondary N) is 1. The normalized spacial score (nSPS) is 11.5. The van der Waals surface area contributed by atoms with E-state index < -0.39 is 5.97 Å². The van der Waals surface area contributed by atoms with Crippen LogP contribution < -0.4 is 11.1 Å². The highest BCUT2D eigenvalue weighted by Crippen LogP contribution is 2.20. The summed E-state index contributed by atoms with van der Waals surface area (Å²) >= 11 is 6.00. The molecular weight excluding hydrogens is 418 g/mol. The van der Waals surface area contributed by atoms with Gasteiger partial charge in [-0.1, -0.05) is 23.7 Å². The lowest BCUT2D eigenvalue weighted by Gasteiger charge is -2.14. The molecule has 0 radical (unpaired) electrons. The maximum absolute atomic E-state index is 10.9. The number of halogens is 1. The third-order valence-corrected chi connectivity index (χ3v) is 4.41. The third-order valence-electron chi connectivity index (χ3n) is 4.15. The Hall–Kier alpha value is -3.40. The van der Waals surface area contributed by atoms with Crippen molar-refractivity contribution in [3.05, 3.63) is 65.2 Å². The minimum atomic E-state index is -0.866. The Balaban J connectivity index is 1.77. The Bertz CT molecular complexity index is 1090. The van der Waals surface area contributed by atoms with Crippen molar-refractivity contribution >= 4 is 35.3 Å². The van der Waals surface area contributed by atoms with Gasteiger partial charge in [-0.2, -0.15) is 4.98 Å². The molecule has 4 N–H and O–H groups in total. The summed E-state index contributed by atoms with van der Waals surface area (Å²) in [6.07, 6.45) is 4.77. The Kier molecular flexibility index (Phi) is 7.60. The highest BCUT2D eigenvalue weighted by molar-refractivity contribution is 6.31. The molecule has 2 aromatic heterocycles. The molecule has 3 rings (SSSR count). The van der Waals surface area contributed by atoms with Crippen molar-refractivity contribution in [1.82, 2.24) is 24.8 Å². The molecule has 10 heteroatoms. The van der Waals surface area contributed by atoms with Gasteiger partial charge in [0.1, 0.15) is 6.33 Å². The number of nitrogens with two attached hydrogens (primary N) is 1. The first kappa shape index (κ1) is 22.3. The van der Waals surface area contributed by atoms with Crippen LogP contribution >= 0.6 is 11.6 Å². The second-order valence-electron chi connectivity index (χ2n) is 6.79. The number of carboxylic acid groups (broad SMARTS) is 1. The predicted octanol–water partition coefficient (Wildman–Crippen LogP) is 2.73. The van der Waals surface area contributed by atoms with E-state index in [1.807, 2.05) is 30.3 Å². The van der Waals surface area contributed by atoms with E-state index in [0.717, 1.165) is 16.8 Å². The number of nitrogens with zero attached hydrogens (tertiary/aromatic N) is 5. The first-order chi connectivity index (χ1) is 14.9. The summed E-state index contributed by atoms with van der Waals surface area (Å²) in [5.74, 6) is 0.000237. The van der Waals surface area contributed by atoms with Gasteiger partial charge in [0.2, 0.25) is 5.95 Å². The monoisotopic (exact) mass is 439 g/mol. The third kappa shape index (κ3) is 6.82. The standard InChI is InChI=1S/C21H22ClN7O2/c1-29(12-19(30)31)11-14-3-2-4-17(7-14)27-21-26-13-25-20(28-21)15-5-6-24-18(8-15)9-16(22)10-23/h2-9,13H,10-12,23H2,1H3,(H,30,31)(H,25,26,27,28)/b16-9+. The second-order valence-corrected chi connectivity index (χ2v) is 7.27. The molecule has 0 aliphatic heterocycles. The summed E-state index contributed by atoms with van der Waals surface area (Å²) in [7, 11) is 1.76. The molecule has 1 aromatic carbocycles. The number of rotatable bonds is 9. The molecule has 0 saturated carbocycles. The fourth-order valence-corrected chi connectivity index (χ4v) is 2.97. The van der Waals surface area contributed by atoms with E-state index in [1.54, 1.807) is 30.3 Å². The number of aliphatic carboxylic acids is 1. The van der Waals surface area contributed by atoms with Crippen LogP contribution in [0.2, 0.25) is 0 Å². The van der Waals surface area contributed by atoms with Crippen molar-refractivity contribution in [2.45, 2.75) is 6.54 Å². The molecule has 2 heterocycles. The van der Waals surface area contributed by atoms with Gasteiger partial charge >= 0.3 is 5.97 Å². The fraction of sp³-hybridized carbons (Fsp3) is 0.190. The maximum atomic E-state index is 10.9. The number of carboxylic acids is 1. The van der Waals surface area contributed by atoms with E-state index in [2.05, 4.69) is 25.3 Å². The Morgan fingerprint density at radius 2 is 2.10 bits per heavy atom. The van der Waals surface area contributed by atoms with Crippen LogP contribution in [-0.2, 0) is 11.3 Å². The van der Waals surface area contributed by atoms with E-state index in [0.29, 0.717) is 29.0 Å². The first-order valence-corrected chi connectivity index (χ1v) is 9.78. The molecule has 0 spiro atoms. The summed E-state index contributed by atoms with van der Waals surface area (Å²) in [5.41, 5.74) is 8.68. The van der Waals surface area contributed by atoms with E-state index in [1.165, 1.54) is 6.33 Å². The summed E-state index contributed by atoms with van der Waals surface area (Å²) in [6.45, 7) is 0.704. The maximum Gasteiger partial charge on any atom is 0.317 e. The van der Waals surface area contributed by atoms with Crippen molar-refractivity contribution < 1.29 is 9.90 Å². The molecule has 3 aromatic rings. The van der Waals surface area contributed by atoms with Crippen LogP contribution in [0.4, 0.5) is 11.6 Å². The Morgan fingerprint density at radius 1 is 1.26 bits per heavy atom. The van der Waals surface area contributed by atoms with Crippen molar-refractivity contribution in [3.63, 3.8) is 0 Å². The van der Waals surface area contributed by atoms with Crippen LogP contribution in [0.5, 0.6) is 0 Å². The molecule has 9 nitrogen and oxygen atoms in total. The van der Waals surface area contributed by atoms with Crippen molar-refractivity contribution in [3.8, 4) is 11.4 Å². The average Bonchev–Trinajstić information content (AvgIpc) is 2.73. The number of aromatic nitrogens is 4. The lowest BCUT2D eigenvalue weighted by atomic mass is 10.2. The first-order valence-electron chi connectivity index (χ1n) is 9.41. The van der Waals surface area contributed by atoms with Crippen LogP contribution in [0.15, 0.2) is 54.0 Å². The van der Waals surface area contributed by atoms with Gasteiger partial charge in [-0.25, -0.2) is 9.97 Å². The molecule has 31 heavy (non-hydrogen) atoms. The van der Waals surface area contributed by atoms with E-state index >= 15 is 0 Å². The van der Waals surface area contributed by atoms with Gasteiger partial charge in [0.05, 0.1) is 12.2 Å². The van der Waals surface area contributed by atoms with E-state index in [4.69, 9.17) is 22.4 Å². The minimum absolute atomic E-state index is 0.0336. The van der Waals surface area contributed by atoms with Crippen LogP contribution in [0, 0.1) is 0 Å². The van der Waals surface area contributed by atoms with Gasteiger partial charge in [0.15, 0.2) is 5.82 Å².